The molecular formula is C8H16ClNO3. The Labute approximate surface area is 83.5 Å². The Bertz CT molecular complexity index is 200. The fourth-order valence-electron chi connectivity index (χ4n) is 1.74. The van der Waals surface area contributed by atoms with Crippen molar-refractivity contribution in [2.45, 2.75) is 37.8 Å². The van der Waals surface area contributed by atoms with Gasteiger partial charge in [-0.1, -0.05) is 6.92 Å². The molecule has 4 nitrogen and oxygen atoms in total. The molecule has 0 amide bonds. The Morgan fingerprint density at radius 1 is 1.62 bits per heavy atom. The summed E-state index contributed by atoms with van der Waals surface area (Å²) in [5.41, 5.74) is 4.10. The average Bonchev–Trinajstić information content (AvgIpc) is 1.97. The van der Waals surface area contributed by atoms with E-state index in [1.165, 1.54) is 0 Å². The maximum absolute atomic E-state index is 10.7. The first-order chi connectivity index (χ1) is 5.47. The Morgan fingerprint density at radius 3 is 2.54 bits per heavy atom. The fourth-order valence-corrected chi connectivity index (χ4v) is 1.74. The van der Waals surface area contributed by atoms with Crippen LogP contribution in [0.1, 0.15) is 26.2 Å². The number of nitrogens with two attached hydrogens (primary N) is 1. The Morgan fingerprint density at radius 2 is 2.15 bits per heavy atom. The van der Waals surface area contributed by atoms with Gasteiger partial charge in [-0.3, -0.25) is 0 Å². The van der Waals surface area contributed by atoms with Gasteiger partial charge in [0.15, 0.2) is 5.60 Å². The Balaban J connectivity index is 0.00000144. The third-order valence-electron chi connectivity index (χ3n) is 2.74. The van der Waals surface area contributed by atoms with Crippen LogP contribution in [0.5, 0.6) is 0 Å². The molecule has 4 N–H and O–H groups in total. The number of carbonyl (C=O) groups is 1. The molecule has 1 fully saturated rings. The van der Waals surface area contributed by atoms with Gasteiger partial charge in [-0.15, -0.1) is 12.4 Å². The standard InChI is InChI=1S/C8H15NO3.ClH/c1-5-4-6(9)2-3-8(5,12)7(10)11;/h5-6,12H,2-4,9H2,1H3,(H,10,11);1H. The van der Waals surface area contributed by atoms with Gasteiger partial charge < -0.3 is 15.9 Å². The second-order valence-electron chi connectivity index (χ2n) is 3.66. The van der Waals surface area contributed by atoms with Crippen LogP contribution in [-0.2, 0) is 4.79 Å². The second kappa shape index (κ2) is 4.26. The highest BCUT2D eigenvalue weighted by atomic mass is 35.5. The first kappa shape index (κ1) is 12.7. The average molecular weight is 210 g/mol. The van der Waals surface area contributed by atoms with Crippen molar-refractivity contribution in [3.05, 3.63) is 0 Å². The molecule has 1 rings (SSSR count). The molecular weight excluding hydrogens is 194 g/mol. The van der Waals surface area contributed by atoms with E-state index in [1.54, 1.807) is 6.92 Å². The van der Waals surface area contributed by atoms with Crippen LogP contribution in [0, 0.1) is 5.92 Å². The quantitative estimate of drug-likeness (QED) is 0.583. The fraction of sp³-hybridized carbons (Fsp3) is 0.875. The summed E-state index contributed by atoms with van der Waals surface area (Å²) in [4.78, 5) is 10.7. The lowest BCUT2D eigenvalue weighted by atomic mass is 9.74. The summed E-state index contributed by atoms with van der Waals surface area (Å²) in [6.45, 7) is 1.73. The minimum Gasteiger partial charge on any atom is -0.479 e. The third-order valence-corrected chi connectivity index (χ3v) is 2.74. The van der Waals surface area contributed by atoms with Gasteiger partial charge in [0, 0.05) is 6.04 Å². The van der Waals surface area contributed by atoms with E-state index in [1.807, 2.05) is 0 Å². The Hall–Kier alpha value is -0.320. The van der Waals surface area contributed by atoms with E-state index in [2.05, 4.69) is 0 Å². The predicted octanol–water partition coefficient (Wildman–Crippen LogP) is 0.371. The molecule has 1 aliphatic carbocycles. The van der Waals surface area contributed by atoms with E-state index in [0.29, 0.717) is 12.8 Å². The molecule has 0 radical (unpaired) electrons. The maximum atomic E-state index is 10.7. The van der Waals surface area contributed by atoms with Crippen LogP contribution in [0.4, 0.5) is 0 Å². The molecule has 0 aromatic rings. The first-order valence-electron chi connectivity index (χ1n) is 4.18. The highest BCUT2D eigenvalue weighted by Crippen LogP contribution is 2.33. The van der Waals surface area contributed by atoms with Gasteiger partial charge in [0.2, 0.25) is 0 Å². The van der Waals surface area contributed by atoms with Crippen molar-refractivity contribution in [1.82, 2.24) is 0 Å². The minimum absolute atomic E-state index is 0. The molecule has 78 valence electrons. The van der Waals surface area contributed by atoms with Crippen molar-refractivity contribution >= 4 is 18.4 Å². The monoisotopic (exact) mass is 209 g/mol. The highest BCUT2D eigenvalue weighted by molar-refractivity contribution is 5.85. The summed E-state index contributed by atoms with van der Waals surface area (Å²) in [6.07, 6.45) is 1.45. The number of carboxylic acids is 1. The molecule has 3 atom stereocenters. The van der Waals surface area contributed by atoms with Gasteiger partial charge in [-0.25, -0.2) is 4.79 Å². The number of hydrogen-bond donors (Lipinski definition) is 3. The van der Waals surface area contributed by atoms with Crippen molar-refractivity contribution in [3.63, 3.8) is 0 Å². The number of halogens is 1. The number of aliphatic carboxylic acids is 1. The van der Waals surface area contributed by atoms with Gasteiger partial charge in [0.1, 0.15) is 0 Å². The van der Waals surface area contributed by atoms with Gasteiger partial charge >= 0.3 is 5.97 Å². The van der Waals surface area contributed by atoms with Crippen molar-refractivity contribution in [2.75, 3.05) is 0 Å². The Kier molecular flexibility index (Phi) is 4.16. The smallest absolute Gasteiger partial charge is 0.335 e. The van der Waals surface area contributed by atoms with Crippen molar-refractivity contribution in [1.29, 1.82) is 0 Å². The zero-order chi connectivity index (χ0) is 9.35. The minimum atomic E-state index is -1.55. The summed E-state index contributed by atoms with van der Waals surface area (Å²) in [6, 6.07) is 0.0413. The lowest BCUT2D eigenvalue weighted by molar-refractivity contribution is -0.168. The van der Waals surface area contributed by atoms with E-state index >= 15 is 0 Å². The normalized spacial score (nSPS) is 39.3. The van der Waals surface area contributed by atoms with Gasteiger partial charge in [-0.05, 0) is 25.2 Å². The number of rotatable bonds is 1. The maximum Gasteiger partial charge on any atom is 0.335 e. The lowest BCUT2D eigenvalue weighted by Crippen LogP contribution is -2.50. The number of aliphatic hydroxyl groups is 1. The van der Waals surface area contributed by atoms with E-state index in [9.17, 15) is 9.90 Å². The zero-order valence-corrected chi connectivity index (χ0v) is 8.38. The molecule has 0 aromatic carbocycles. The first-order valence-corrected chi connectivity index (χ1v) is 4.18. The third kappa shape index (κ3) is 2.33. The van der Waals surface area contributed by atoms with E-state index in [4.69, 9.17) is 10.8 Å². The van der Waals surface area contributed by atoms with Gasteiger partial charge in [0.05, 0.1) is 0 Å². The van der Waals surface area contributed by atoms with Crippen LogP contribution in [-0.4, -0.2) is 27.8 Å². The molecule has 0 spiro atoms. The largest absolute Gasteiger partial charge is 0.479 e. The van der Waals surface area contributed by atoms with Crippen LogP contribution in [0.25, 0.3) is 0 Å². The highest BCUT2D eigenvalue weighted by Gasteiger charge is 2.44. The van der Waals surface area contributed by atoms with Crippen LogP contribution in [0.2, 0.25) is 0 Å². The van der Waals surface area contributed by atoms with E-state index < -0.39 is 11.6 Å². The van der Waals surface area contributed by atoms with Crippen LogP contribution >= 0.6 is 12.4 Å². The van der Waals surface area contributed by atoms with Crippen molar-refractivity contribution < 1.29 is 15.0 Å². The molecule has 1 saturated carbocycles. The number of carboxylic acid groups (broad SMARTS) is 1. The summed E-state index contributed by atoms with van der Waals surface area (Å²) >= 11 is 0. The molecule has 0 heterocycles. The molecule has 0 aliphatic heterocycles. The zero-order valence-electron chi connectivity index (χ0n) is 7.56. The topological polar surface area (TPSA) is 83.5 Å². The van der Waals surface area contributed by atoms with Crippen LogP contribution in [0.15, 0.2) is 0 Å². The molecule has 0 bridgehead atoms. The SMILES string of the molecule is CC1CC(N)CCC1(O)C(=O)O.Cl. The summed E-state index contributed by atoms with van der Waals surface area (Å²) < 4.78 is 0. The molecule has 0 aromatic heterocycles. The van der Waals surface area contributed by atoms with E-state index in [0.717, 1.165) is 0 Å². The molecule has 5 heteroatoms. The second-order valence-corrected chi connectivity index (χ2v) is 3.66. The summed E-state index contributed by atoms with van der Waals surface area (Å²) in [5, 5.41) is 18.4. The van der Waals surface area contributed by atoms with Crippen molar-refractivity contribution in [2.24, 2.45) is 11.7 Å². The molecule has 0 saturated heterocycles. The summed E-state index contributed by atoms with van der Waals surface area (Å²) in [7, 11) is 0. The summed E-state index contributed by atoms with van der Waals surface area (Å²) in [5.74, 6) is -1.37. The van der Waals surface area contributed by atoms with Crippen LogP contribution < -0.4 is 5.73 Å². The lowest BCUT2D eigenvalue weighted by Gasteiger charge is -2.36. The number of hydrogen-bond acceptors (Lipinski definition) is 3. The predicted molar refractivity (Wildman–Crippen MR) is 50.8 cm³/mol. The van der Waals surface area contributed by atoms with Crippen molar-refractivity contribution in [3.8, 4) is 0 Å². The van der Waals surface area contributed by atoms with Gasteiger partial charge in [-0.2, -0.15) is 0 Å². The van der Waals surface area contributed by atoms with Gasteiger partial charge in [0.25, 0.3) is 0 Å². The van der Waals surface area contributed by atoms with Crippen LogP contribution in [0.3, 0.4) is 0 Å². The molecule has 1 aliphatic rings. The molecule has 13 heavy (non-hydrogen) atoms. The molecule has 3 unspecified atom stereocenters. The van der Waals surface area contributed by atoms with E-state index in [-0.39, 0.29) is 30.8 Å².